The summed E-state index contributed by atoms with van der Waals surface area (Å²) in [4.78, 5) is 54.7. The number of aromatic nitrogens is 1. The fraction of sp³-hybridized carbons (Fsp3) is 0.250. The number of nitrogens with one attached hydrogen (secondary N) is 5. The molecule has 12 nitrogen and oxygen atoms in total. The molecular formula is C20H20Cl2N6O6. The molecule has 1 atom stereocenters. The third kappa shape index (κ3) is 6.39. The van der Waals surface area contributed by atoms with Gasteiger partial charge < -0.3 is 36.5 Å². The molecule has 180 valence electrons. The number of guanidine groups is 1. The normalized spacial score (nSPS) is 13.4. The van der Waals surface area contributed by atoms with Crippen LogP contribution in [0.2, 0.25) is 10.0 Å². The van der Waals surface area contributed by atoms with Crippen molar-refractivity contribution < 1.29 is 24.6 Å². The van der Waals surface area contributed by atoms with E-state index in [1.165, 1.54) is 24.4 Å². The van der Waals surface area contributed by atoms with Crippen LogP contribution in [0.15, 0.2) is 34.2 Å². The van der Waals surface area contributed by atoms with Crippen molar-refractivity contribution in [3.05, 3.63) is 55.9 Å². The van der Waals surface area contributed by atoms with Gasteiger partial charge in [0.15, 0.2) is 5.96 Å². The highest BCUT2D eigenvalue weighted by Crippen LogP contribution is 2.36. The van der Waals surface area contributed by atoms with E-state index in [0.717, 1.165) is 0 Å². The second-order valence-electron chi connectivity index (χ2n) is 7.14. The van der Waals surface area contributed by atoms with Crippen LogP contribution < -0.4 is 26.8 Å². The smallest absolute Gasteiger partial charge is 0.305 e. The molecule has 34 heavy (non-hydrogen) atoms. The molecule has 0 aliphatic carbocycles. The lowest BCUT2D eigenvalue weighted by Crippen LogP contribution is -2.39. The molecule has 2 aromatic rings. The number of nitrogens with zero attached hydrogens (tertiary/aromatic N) is 1. The molecule has 0 saturated heterocycles. The number of phenols is 1. The van der Waals surface area contributed by atoms with E-state index in [-0.39, 0.29) is 26.9 Å². The molecule has 3 rings (SSSR count). The van der Waals surface area contributed by atoms with Crippen molar-refractivity contribution in [2.45, 2.75) is 12.5 Å². The van der Waals surface area contributed by atoms with E-state index < -0.39 is 48.1 Å². The topological polar surface area (TPSA) is 185 Å². The Hall–Kier alpha value is -3.77. The summed E-state index contributed by atoms with van der Waals surface area (Å²) in [6.07, 6.45) is 0.612. The number of aromatic amines is 1. The maximum absolute atomic E-state index is 12.5. The summed E-state index contributed by atoms with van der Waals surface area (Å²) >= 11 is 11.8. The van der Waals surface area contributed by atoms with Crippen molar-refractivity contribution in [3.8, 4) is 5.75 Å². The number of benzene rings is 1. The number of H-pyrrole nitrogens is 1. The van der Waals surface area contributed by atoms with Crippen LogP contribution >= 0.6 is 23.2 Å². The summed E-state index contributed by atoms with van der Waals surface area (Å²) in [5, 5.41) is 29.9. The Morgan fingerprint density at radius 1 is 1.21 bits per heavy atom. The molecule has 1 aromatic heterocycles. The fourth-order valence-electron chi connectivity index (χ4n) is 3.09. The zero-order valence-electron chi connectivity index (χ0n) is 17.4. The summed E-state index contributed by atoms with van der Waals surface area (Å²) in [6.45, 7) is 0.662. The van der Waals surface area contributed by atoms with Crippen LogP contribution in [-0.4, -0.2) is 58.6 Å². The summed E-state index contributed by atoms with van der Waals surface area (Å²) in [6, 6.07) is 2.69. The number of carbonyl (C=O) groups excluding carboxylic acids is 2. The van der Waals surface area contributed by atoms with Crippen molar-refractivity contribution >= 4 is 52.6 Å². The van der Waals surface area contributed by atoms with E-state index in [1.54, 1.807) is 0 Å². The van der Waals surface area contributed by atoms with Crippen molar-refractivity contribution in [2.75, 3.05) is 25.0 Å². The van der Waals surface area contributed by atoms with Crippen molar-refractivity contribution in [3.63, 3.8) is 0 Å². The van der Waals surface area contributed by atoms with Gasteiger partial charge in [0.1, 0.15) is 11.4 Å². The number of rotatable bonds is 8. The molecule has 0 bridgehead atoms. The molecule has 1 aliphatic heterocycles. The first-order chi connectivity index (χ1) is 16.1. The minimum Gasteiger partial charge on any atom is -0.506 e. The molecule has 0 radical (unpaired) electrons. The summed E-state index contributed by atoms with van der Waals surface area (Å²) in [5.41, 5.74) is -0.309. The number of aromatic hydroxyl groups is 1. The third-order valence-electron chi connectivity index (χ3n) is 4.65. The number of aliphatic imine (C=N–C) groups is 1. The first-order valence-corrected chi connectivity index (χ1v) is 10.6. The quantitative estimate of drug-likeness (QED) is 0.272. The largest absolute Gasteiger partial charge is 0.506 e. The molecule has 0 saturated carbocycles. The van der Waals surface area contributed by atoms with Crippen molar-refractivity contribution in [2.24, 2.45) is 4.99 Å². The molecule has 1 aliphatic rings. The Balaban J connectivity index is 1.66. The van der Waals surface area contributed by atoms with Crippen LogP contribution in [0.1, 0.15) is 28.4 Å². The van der Waals surface area contributed by atoms with Gasteiger partial charge in [-0.2, -0.15) is 0 Å². The van der Waals surface area contributed by atoms with Gasteiger partial charge in [-0.05, 0) is 18.2 Å². The molecule has 1 unspecified atom stereocenters. The van der Waals surface area contributed by atoms with Gasteiger partial charge in [-0.1, -0.05) is 23.2 Å². The second-order valence-corrected chi connectivity index (χ2v) is 7.98. The van der Waals surface area contributed by atoms with E-state index >= 15 is 0 Å². The molecule has 14 heteroatoms. The average molecular weight is 511 g/mol. The van der Waals surface area contributed by atoms with E-state index in [9.17, 15) is 29.4 Å². The predicted octanol–water partition coefficient (Wildman–Crippen LogP) is 0.820. The van der Waals surface area contributed by atoms with Gasteiger partial charge in [-0.3, -0.25) is 24.2 Å². The molecule has 0 fully saturated rings. The molecular weight excluding hydrogens is 491 g/mol. The number of halogens is 2. The highest BCUT2D eigenvalue weighted by molar-refractivity contribution is 6.35. The minimum atomic E-state index is -1.25. The van der Waals surface area contributed by atoms with Crippen molar-refractivity contribution in [1.82, 2.24) is 20.9 Å². The zero-order valence-corrected chi connectivity index (χ0v) is 19.0. The number of amides is 2. The highest BCUT2D eigenvalue weighted by atomic mass is 35.5. The zero-order chi connectivity index (χ0) is 24.8. The lowest BCUT2D eigenvalue weighted by atomic mass is 10.0. The Morgan fingerprint density at radius 3 is 2.65 bits per heavy atom. The predicted molar refractivity (Wildman–Crippen MR) is 125 cm³/mol. The first kappa shape index (κ1) is 24.9. The number of phenolic OH excluding ortho intramolecular Hbond substituents is 1. The highest BCUT2D eigenvalue weighted by Gasteiger charge is 2.23. The number of anilines is 1. The standard InChI is InChI=1S/C20H20Cl2N6O6/c21-10-4-11(17(32)12(22)5-10)13(6-16(30)31)27-15(29)8-26-18(33)9-3-14(19(34)25-7-9)28-20-23-1-2-24-20/h3-5,7,13,32H,1-2,6,8H2,(H,25,34)(H,26,33)(H,27,29)(H,30,31)(H2,23,24,28). The maximum Gasteiger partial charge on any atom is 0.305 e. The first-order valence-electron chi connectivity index (χ1n) is 9.89. The number of pyridine rings is 1. The van der Waals surface area contributed by atoms with Gasteiger partial charge in [0, 0.05) is 23.3 Å². The van der Waals surface area contributed by atoms with Gasteiger partial charge in [0.2, 0.25) is 5.91 Å². The summed E-state index contributed by atoms with van der Waals surface area (Å²) in [5.74, 6) is -2.67. The third-order valence-corrected chi connectivity index (χ3v) is 5.16. The number of carbonyl (C=O) groups is 3. The van der Waals surface area contributed by atoms with Gasteiger partial charge in [0.25, 0.3) is 11.5 Å². The summed E-state index contributed by atoms with van der Waals surface area (Å²) < 4.78 is 0. The number of aliphatic carboxylic acids is 1. The Labute approximate surface area is 202 Å². The second kappa shape index (κ2) is 10.9. The van der Waals surface area contributed by atoms with Crippen LogP contribution in [0.3, 0.4) is 0 Å². The molecule has 7 N–H and O–H groups in total. The lowest BCUT2D eigenvalue weighted by Gasteiger charge is -2.19. The maximum atomic E-state index is 12.5. The van der Waals surface area contributed by atoms with E-state index in [0.29, 0.717) is 19.0 Å². The van der Waals surface area contributed by atoms with Crippen LogP contribution in [-0.2, 0) is 9.59 Å². The van der Waals surface area contributed by atoms with Gasteiger partial charge in [-0.25, -0.2) is 0 Å². The monoisotopic (exact) mass is 510 g/mol. The van der Waals surface area contributed by atoms with Crippen molar-refractivity contribution in [1.29, 1.82) is 0 Å². The van der Waals surface area contributed by atoms with Crippen LogP contribution in [0.5, 0.6) is 5.75 Å². The van der Waals surface area contributed by atoms with E-state index in [1.807, 2.05) is 0 Å². The number of carboxylic acid groups (broad SMARTS) is 1. The SMILES string of the molecule is O=C(O)CC(NC(=O)CNC(=O)c1c[nH]c(=O)c(NC2=NCCN2)c1)c1cc(Cl)cc(Cl)c1O. The fourth-order valence-corrected chi connectivity index (χ4v) is 3.60. The van der Waals surface area contributed by atoms with Crippen LogP contribution in [0.25, 0.3) is 0 Å². The number of carboxylic acids is 1. The number of hydrogen-bond acceptors (Lipinski definition) is 8. The van der Waals surface area contributed by atoms with E-state index in [2.05, 4.69) is 31.2 Å². The Bertz CT molecular complexity index is 1210. The van der Waals surface area contributed by atoms with Gasteiger partial charge in [-0.15, -0.1) is 0 Å². The molecule has 1 aromatic carbocycles. The molecule has 0 spiro atoms. The Kier molecular flexibility index (Phi) is 7.97. The Morgan fingerprint density at radius 2 is 1.97 bits per heavy atom. The average Bonchev–Trinajstić information content (AvgIpc) is 3.28. The summed E-state index contributed by atoms with van der Waals surface area (Å²) in [7, 11) is 0. The lowest BCUT2D eigenvalue weighted by molar-refractivity contribution is -0.137. The number of hydrogen-bond donors (Lipinski definition) is 7. The van der Waals surface area contributed by atoms with Crippen LogP contribution in [0.4, 0.5) is 5.69 Å². The van der Waals surface area contributed by atoms with Gasteiger partial charge >= 0.3 is 5.97 Å². The van der Waals surface area contributed by atoms with Gasteiger partial charge in [0.05, 0.1) is 36.1 Å². The van der Waals surface area contributed by atoms with Crippen LogP contribution in [0, 0.1) is 0 Å². The molecule has 2 heterocycles. The molecule has 2 amide bonds. The van der Waals surface area contributed by atoms with E-state index in [4.69, 9.17) is 23.2 Å². The minimum absolute atomic E-state index is 0.0133.